The van der Waals surface area contributed by atoms with Crippen LogP contribution in [-0.4, -0.2) is 103 Å². The number of amides is 3. The Bertz CT molecular complexity index is 1360. The van der Waals surface area contributed by atoms with Gasteiger partial charge in [-0.1, -0.05) is 70.1 Å². The van der Waals surface area contributed by atoms with E-state index in [0.29, 0.717) is 78.1 Å². The van der Waals surface area contributed by atoms with Crippen molar-refractivity contribution in [2.24, 2.45) is 0 Å². The van der Waals surface area contributed by atoms with E-state index in [9.17, 15) is 14.4 Å². The van der Waals surface area contributed by atoms with Crippen LogP contribution in [0.5, 0.6) is 0 Å². The highest BCUT2D eigenvalue weighted by Gasteiger charge is 2.29. The van der Waals surface area contributed by atoms with Gasteiger partial charge in [0, 0.05) is 36.4 Å². The Morgan fingerprint density at radius 3 is 1.96 bits per heavy atom. The molecule has 0 aromatic heterocycles. The number of alkyl carbamates (subject to hydrolysis) is 3. The van der Waals surface area contributed by atoms with E-state index in [4.69, 9.17) is 28.4 Å². The first-order valence-electron chi connectivity index (χ1n) is 16.7. The second kappa shape index (κ2) is 23.8. The summed E-state index contributed by atoms with van der Waals surface area (Å²) in [5.41, 5.74) is 4.72. The lowest BCUT2D eigenvalue weighted by Crippen LogP contribution is -2.30. The largest absolute Gasteiger partial charge is 0.450 e. The van der Waals surface area contributed by atoms with Crippen molar-refractivity contribution in [3.8, 4) is 23.0 Å². The van der Waals surface area contributed by atoms with Crippen LogP contribution in [0.25, 0.3) is 11.1 Å². The maximum absolute atomic E-state index is 12.3. The summed E-state index contributed by atoms with van der Waals surface area (Å²) in [6.45, 7) is 7.64. The molecule has 3 N–H and O–H groups in total. The molecule has 0 unspecified atom stereocenters. The molecule has 12 nitrogen and oxygen atoms in total. The maximum atomic E-state index is 12.3. The van der Waals surface area contributed by atoms with Gasteiger partial charge in [0.15, 0.2) is 7.85 Å². The van der Waals surface area contributed by atoms with Crippen LogP contribution >= 0.6 is 21.6 Å². The number of carbonyl (C=O) groups excluding carboxylic acids is 3. The van der Waals surface area contributed by atoms with E-state index in [-0.39, 0.29) is 17.3 Å². The minimum atomic E-state index is -0.542. The molecule has 3 rings (SSSR count). The van der Waals surface area contributed by atoms with E-state index in [1.165, 1.54) is 22.3 Å². The highest BCUT2D eigenvalue weighted by Crippen LogP contribution is 2.44. The summed E-state index contributed by atoms with van der Waals surface area (Å²) in [6.07, 6.45) is 0.677. The van der Waals surface area contributed by atoms with E-state index in [1.54, 1.807) is 29.4 Å². The fraction of sp³-hybridized carbons (Fsp3) is 0.514. The molecule has 2 aromatic rings. The summed E-state index contributed by atoms with van der Waals surface area (Å²) in [7, 11) is 4.91. The van der Waals surface area contributed by atoms with Gasteiger partial charge in [-0.2, -0.15) is 0 Å². The highest BCUT2D eigenvalue weighted by atomic mass is 33.1. The topological polar surface area (TPSA) is 143 Å². The average Bonchev–Trinajstić information content (AvgIpc) is 3.43. The van der Waals surface area contributed by atoms with Gasteiger partial charge in [-0.05, 0) is 55.4 Å². The zero-order valence-electron chi connectivity index (χ0n) is 29.1. The van der Waals surface area contributed by atoms with Gasteiger partial charge in [0.1, 0.15) is 12.5 Å². The van der Waals surface area contributed by atoms with Crippen molar-refractivity contribution in [1.29, 1.82) is 0 Å². The van der Waals surface area contributed by atoms with E-state index in [0.717, 1.165) is 6.42 Å². The van der Waals surface area contributed by atoms with Gasteiger partial charge in [0.25, 0.3) is 0 Å². The summed E-state index contributed by atoms with van der Waals surface area (Å²) < 4.78 is 32.3. The number of rotatable bonds is 23. The predicted molar refractivity (Wildman–Crippen MR) is 199 cm³/mol. The van der Waals surface area contributed by atoms with Crippen LogP contribution in [0.3, 0.4) is 0 Å². The first-order chi connectivity index (χ1) is 24.3. The third-order valence-electron chi connectivity index (χ3n) is 7.31. The van der Waals surface area contributed by atoms with Gasteiger partial charge in [-0.15, -0.1) is 5.82 Å². The standard InChI is InChI=1S/C35H48BN3O9S2/c1-35(2,50-49-26-45-18-7-8-19-46-32(40)37-15-14-36)13-20-47-33(41)38-16-21-43-23-24-44-22-17-39-34(42)48-25-31-29-11-5-3-9-27(29)28-10-4-6-12-30(28)31/h3-6,9-12,31H,7-8,13,16-26,36H2,1-2H3,(H,37,40)(H,38,41)(H,39,42). The molecule has 0 spiro atoms. The van der Waals surface area contributed by atoms with Gasteiger partial charge in [0.2, 0.25) is 0 Å². The summed E-state index contributed by atoms with van der Waals surface area (Å²) in [5.74, 6) is 3.11. The van der Waals surface area contributed by atoms with Crippen molar-refractivity contribution in [2.45, 2.75) is 43.8 Å². The van der Waals surface area contributed by atoms with Crippen LogP contribution in [0.2, 0.25) is 0 Å². The summed E-state index contributed by atoms with van der Waals surface area (Å²) in [5, 5.41) is 7.71. The molecular formula is C35H48BN3O9S2. The third kappa shape index (κ3) is 16.0. The Hall–Kier alpha value is -3.55. The van der Waals surface area contributed by atoms with Gasteiger partial charge in [-0.3, -0.25) is 5.32 Å². The number of ether oxygens (including phenoxy) is 6. The number of hydrogen-bond donors (Lipinski definition) is 3. The van der Waals surface area contributed by atoms with Crippen molar-refractivity contribution >= 4 is 47.7 Å². The van der Waals surface area contributed by atoms with Crippen LogP contribution in [-0.2, 0) is 28.4 Å². The molecule has 0 bridgehead atoms. The Balaban J connectivity index is 1.08. The first-order valence-corrected chi connectivity index (χ1v) is 19.0. The molecule has 0 aliphatic heterocycles. The average molecular weight is 730 g/mol. The maximum Gasteiger partial charge on any atom is 0.418 e. The van der Waals surface area contributed by atoms with Crippen molar-refractivity contribution in [3.63, 3.8) is 0 Å². The zero-order valence-corrected chi connectivity index (χ0v) is 30.7. The van der Waals surface area contributed by atoms with E-state index < -0.39 is 18.3 Å². The number of nitrogens with one attached hydrogen (secondary N) is 3. The summed E-state index contributed by atoms with van der Waals surface area (Å²) in [4.78, 5) is 35.5. The Morgan fingerprint density at radius 2 is 1.32 bits per heavy atom. The molecule has 0 heterocycles. The van der Waals surface area contributed by atoms with Gasteiger partial charge in [-0.25, -0.2) is 14.4 Å². The molecule has 3 amide bonds. The zero-order chi connectivity index (χ0) is 35.9. The molecule has 50 heavy (non-hydrogen) atoms. The lowest BCUT2D eigenvalue weighted by molar-refractivity contribution is 0.0487. The lowest BCUT2D eigenvalue weighted by atomic mass is 9.98. The number of fused-ring (bicyclic) bond motifs is 3. The molecule has 0 radical (unpaired) electrons. The van der Waals surface area contributed by atoms with Gasteiger partial charge < -0.3 is 39.1 Å². The molecule has 0 saturated carbocycles. The lowest BCUT2D eigenvalue weighted by Gasteiger charge is -2.22. The normalized spacial score (nSPS) is 11.8. The fourth-order valence-electron chi connectivity index (χ4n) is 4.80. The predicted octanol–water partition coefficient (Wildman–Crippen LogP) is 4.87. The SMILES string of the molecule is BC#CNC(=O)OCCCCOCSSC(C)(C)CCOC(=O)NCCOCCOCCNC(=O)OCC1c2ccccc2-c2ccccc21. The van der Waals surface area contributed by atoms with E-state index in [2.05, 4.69) is 65.9 Å². The molecule has 0 fully saturated rings. The van der Waals surface area contributed by atoms with Crippen LogP contribution in [0.4, 0.5) is 14.4 Å². The first kappa shape index (κ1) is 40.9. The number of hydrogen-bond acceptors (Lipinski definition) is 11. The molecule has 0 saturated heterocycles. The van der Waals surface area contributed by atoms with Crippen molar-refractivity contribution in [3.05, 3.63) is 59.7 Å². The van der Waals surface area contributed by atoms with Crippen molar-refractivity contribution in [1.82, 2.24) is 16.0 Å². The molecule has 1 aliphatic carbocycles. The molecule has 0 atom stereocenters. The summed E-state index contributed by atoms with van der Waals surface area (Å²) >= 11 is 0. The minimum absolute atomic E-state index is 0.0184. The Labute approximate surface area is 303 Å². The molecule has 1 aliphatic rings. The smallest absolute Gasteiger partial charge is 0.418 e. The second-order valence-corrected chi connectivity index (χ2v) is 14.6. The highest BCUT2D eigenvalue weighted by molar-refractivity contribution is 8.77. The van der Waals surface area contributed by atoms with Crippen molar-refractivity contribution < 1.29 is 42.8 Å². The molecule has 272 valence electrons. The van der Waals surface area contributed by atoms with Crippen LogP contribution in [0.1, 0.15) is 50.2 Å². The van der Waals surface area contributed by atoms with E-state index >= 15 is 0 Å². The number of carbonyl (C=O) groups is 3. The third-order valence-corrected chi connectivity index (χ3v) is 10.3. The molecule has 15 heteroatoms. The molecule has 2 aromatic carbocycles. The second-order valence-electron chi connectivity index (χ2n) is 11.6. The summed E-state index contributed by atoms with van der Waals surface area (Å²) in [6, 6.07) is 18.9. The minimum Gasteiger partial charge on any atom is -0.450 e. The fourth-order valence-corrected chi connectivity index (χ4v) is 7.08. The van der Waals surface area contributed by atoms with Gasteiger partial charge in [0.05, 0.1) is 39.6 Å². The van der Waals surface area contributed by atoms with Crippen LogP contribution in [0, 0.1) is 11.9 Å². The van der Waals surface area contributed by atoms with Crippen LogP contribution in [0.15, 0.2) is 48.5 Å². The quantitative estimate of drug-likeness (QED) is 0.0275. The van der Waals surface area contributed by atoms with Crippen molar-refractivity contribution in [2.75, 3.05) is 71.9 Å². The number of benzene rings is 2. The monoisotopic (exact) mass is 729 g/mol. The molecular weight excluding hydrogens is 681 g/mol. The Morgan fingerprint density at radius 1 is 0.740 bits per heavy atom. The number of unbranched alkanes of at least 4 members (excludes halogenated alkanes) is 1. The van der Waals surface area contributed by atoms with E-state index in [1.807, 2.05) is 24.3 Å². The van der Waals surface area contributed by atoms with Gasteiger partial charge >= 0.3 is 18.3 Å². The van der Waals surface area contributed by atoms with Crippen LogP contribution < -0.4 is 16.0 Å². The Kier molecular flexibility index (Phi) is 19.4.